The fraction of sp³-hybridized carbons (Fsp3) is 0.250. The van der Waals surface area contributed by atoms with E-state index in [4.69, 9.17) is 27.8 Å². The second-order valence-electron chi connectivity index (χ2n) is 8.03. The Morgan fingerprint density at radius 3 is 2.62 bits per heavy atom. The van der Waals surface area contributed by atoms with E-state index in [1.165, 1.54) is 23.1 Å². The van der Waals surface area contributed by atoms with Crippen LogP contribution < -0.4 is 32.3 Å². The molecular weight excluding hydrogens is 505 g/mol. The minimum absolute atomic E-state index is 0.0391. The van der Waals surface area contributed by atoms with Crippen molar-refractivity contribution in [2.45, 2.75) is 18.6 Å². The third-order valence-corrected chi connectivity index (χ3v) is 5.75. The lowest BCUT2D eigenvalue weighted by Crippen LogP contribution is -2.48. The molecule has 37 heavy (non-hydrogen) atoms. The van der Waals surface area contributed by atoms with Crippen molar-refractivity contribution in [3.8, 4) is 0 Å². The fourth-order valence-electron chi connectivity index (χ4n) is 3.87. The molecule has 11 nitrogen and oxygen atoms in total. The van der Waals surface area contributed by atoms with Gasteiger partial charge in [-0.2, -0.15) is 0 Å². The molecule has 3 rings (SSSR count). The smallest absolute Gasteiger partial charge is 0.415 e. The van der Waals surface area contributed by atoms with Gasteiger partial charge < -0.3 is 32.2 Å². The Labute approximate surface area is 217 Å². The van der Waals surface area contributed by atoms with E-state index in [0.29, 0.717) is 17.8 Å². The van der Waals surface area contributed by atoms with Crippen LogP contribution in [0.4, 0.5) is 20.6 Å². The van der Waals surface area contributed by atoms with E-state index in [0.717, 1.165) is 11.6 Å². The van der Waals surface area contributed by atoms with E-state index in [1.54, 1.807) is 19.2 Å². The summed E-state index contributed by atoms with van der Waals surface area (Å²) in [4.78, 5) is 43.9. The van der Waals surface area contributed by atoms with E-state index in [-0.39, 0.29) is 29.8 Å². The highest BCUT2D eigenvalue weighted by Crippen LogP contribution is 2.41. The molecule has 2 aromatic carbocycles. The van der Waals surface area contributed by atoms with Crippen LogP contribution in [0.15, 0.2) is 54.0 Å². The number of nitrogens with zero attached hydrogens (tertiary/aromatic N) is 2. The van der Waals surface area contributed by atoms with E-state index in [1.807, 2.05) is 6.07 Å². The van der Waals surface area contributed by atoms with Gasteiger partial charge in [0.25, 0.3) is 0 Å². The molecule has 0 saturated carbocycles. The summed E-state index contributed by atoms with van der Waals surface area (Å²) in [6.07, 6.45) is 0.706. The molecule has 0 saturated heterocycles. The fourth-order valence-corrected chi connectivity index (χ4v) is 3.99. The van der Waals surface area contributed by atoms with E-state index in [2.05, 4.69) is 27.5 Å². The van der Waals surface area contributed by atoms with Crippen LogP contribution in [0.1, 0.15) is 17.2 Å². The van der Waals surface area contributed by atoms with Gasteiger partial charge in [-0.1, -0.05) is 36.4 Å². The van der Waals surface area contributed by atoms with Crippen LogP contribution in [0.2, 0.25) is 5.02 Å². The van der Waals surface area contributed by atoms with Crippen molar-refractivity contribution in [2.24, 2.45) is 16.5 Å². The van der Waals surface area contributed by atoms with Gasteiger partial charge in [0.1, 0.15) is 12.4 Å². The van der Waals surface area contributed by atoms with Gasteiger partial charge in [-0.25, -0.2) is 9.18 Å². The molecule has 0 unspecified atom stereocenters. The highest BCUT2D eigenvalue weighted by molar-refractivity contribution is 6.39. The van der Waals surface area contributed by atoms with Crippen LogP contribution in [0.5, 0.6) is 0 Å². The van der Waals surface area contributed by atoms with Gasteiger partial charge in [0.2, 0.25) is 0 Å². The monoisotopic (exact) mass is 531 g/mol. The number of anilines is 2. The largest absolute Gasteiger partial charge is 0.445 e. The first-order valence-electron chi connectivity index (χ1n) is 11.1. The normalized spacial score (nSPS) is 15.9. The molecule has 0 bridgehead atoms. The Balaban J connectivity index is 1.94. The van der Waals surface area contributed by atoms with Crippen molar-refractivity contribution in [3.63, 3.8) is 0 Å². The quantitative estimate of drug-likeness (QED) is 0.150. The zero-order valence-electron chi connectivity index (χ0n) is 20.0. The van der Waals surface area contributed by atoms with Crippen molar-refractivity contribution in [1.82, 2.24) is 10.6 Å². The van der Waals surface area contributed by atoms with Gasteiger partial charge in [-0.3, -0.25) is 19.5 Å². The number of guanidine groups is 1. The van der Waals surface area contributed by atoms with Crippen LogP contribution in [0.25, 0.3) is 0 Å². The number of amides is 3. The zero-order valence-corrected chi connectivity index (χ0v) is 20.7. The van der Waals surface area contributed by atoms with E-state index >= 15 is 0 Å². The van der Waals surface area contributed by atoms with Crippen molar-refractivity contribution >= 4 is 46.8 Å². The Hall–Kier alpha value is -4.16. The summed E-state index contributed by atoms with van der Waals surface area (Å²) >= 11 is 5.66. The number of ether oxygens (including phenoxy) is 1. The second kappa shape index (κ2) is 12.2. The minimum atomic E-state index is -1.05. The first-order valence-corrected chi connectivity index (χ1v) is 11.5. The molecule has 0 fully saturated rings. The minimum Gasteiger partial charge on any atom is -0.445 e. The molecule has 2 atom stereocenters. The first kappa shape index (κ1) is 27.4. The number of hydrogen-bond donors (Lipinski definition) is 5. The highest BCUT2D eigenvalue weighted by Gasteiger charge is 2.44. The number of fused-ring (bicyclic) bond motifs is 1. The van der Waals surface area contributed by atoms with Crippen LogP contribution in [0, 0.1) is 5.82 Å². The average molecular weight is 532 g/mol. The zero-order chi connectivity index (χ0) is 27.1. The van der Waals surface area contributed by atoms with E-state index < -0.39 is 35.8 Å². The number of nitrogens with one attached hydrogen (secondary N) is 3. The first-order chi connectivity index (χ1) is 17.7. The Kier molecular flexibility index (Phi) is 9.04. The maximum absolute atomic E-state index is 13.7. The summed E-state index contributed by atoms with van der Waals surface area (Å²) in [5, 5.41) is 7.86. The molecule has 7 N–H and O–H groups in total. The maximum atomic E-state index is 13.7. The van der Waals surface area contributed by atoms with Crippen LogP contribution in [-0.4, -0.2) is 50.1 Å². The number of aliphatic imine (C=N–C) groups is 1. The van der Waals surface area contributed by atoms with E-state index in [9.17, 15) is 18.8 Å². The molecule has 1 aliphatic rings. The number of benzene rings is 2. The summed E-state index contributed by atoms with van der Waals surface area (Å²) in [5.41, 5.74) is 13.0. The molecular formula is C24H27ClFN7O4. The van der Waals surface area contributed by atoms with Crippen molar-refractivity contribution < 1.29 is 23.5 Å². The van der Waals surface area contributed by atoms with Crippen molar-refractivity contribution in [3.05, 3.63) is 71.0 Å². The molecule has 0 aliphatic carbocycles. The Bertz CT molecular complexity index is 1240. The molecule has 0 spiro atoms. The molecule has 13 heteroatoms. The summed E-state index contributed by atoms with van der Waals surface area (Å²) in [7, 11) is 1.78. The SMILES string of the molecule is C=CCOC(=O)N1c2cc(CNC)ccc2[C@H](NC(=O)C(=O)Nc2ccc(Cl)c(F)c2)[C@H]1CN=C(N)N. The molecule has 196 valence electrons. The summed E-state index contributed by atoms with van der Waals surface area (Å²) in [5.74, 6) is -3.06. The lowest BCUT2D eigenvalue weighted by Gasteiger charge is -2.27. The van der Waals surface area contributed by atoms with Gasteiger partial charge in [0, 0.05) is 17.8 Å². The summed E-state index contributed by atoms with van der Waals surface area (Å²) in [6, 6.07) is 7.21. The predicted molar refractivity (Wildman–Crippen MR) is 139 cm³/mol. The van der Waals surface area contributed by atoms with Crippen LogP contribution in [0.3, 0.4) is 0 Å². The lowest BCUT2D eigenvalue weighted by molar-refractivity contribution is -0.136. The van der Waals surface area contributed by atoms with Crippen molar-refractivity contribution in [1.29, 1.82) is 0 Å². The molecule has 3 amide bonds. The lowest BCUT2D eigenvalue weighted by atomic mass is 10.0. The summed E-state index contributed by atoms with van der Waals surface area (Å²) in [6.45, 7) is 3.91. The molecule has 0 radical (unpaired) electrons. The molecule has 1 heterocycles. The number of carbonyl (C=O) groups is 3. The average Bonchev–Trinajstić information content (AvgIpc) is 3.16. The highest BCUT2D eigenvalue weighted by atomic mass is 35.5. The standard InChI is InChI=1S/C24H27ClFN7O4/c1-3-8-37-24(36)33-18-9-13(11-29-2)4-6-15(18)20(19(33)12-30-23(27)28)32-22(35)21(34)31-14-5-7-16(25)17(26)10-14/h3-7,9-10,19-20,29H,1,8,11-12H2,2H3,(H,31,34)(H,32,35)(H4,27,28,30)/t19-,20+/m1/s1. The van der Waals surface area contributed by atoms with Gasteiger partial charge in [-0.15, -0.1) is 0 Å². The molecule has 0 aromatic heterocycles. The summed E-state index contributed by atoms with van der Waals surface area (Å²) < 4.78 is 19.0. The van der Waals surface area contributed by atoms with Crippen LogP contribution in [-0.2, 0) is 20.9 Å². The third-order valence-electron chi connectivity index (χ3n) is 5.44. The van der Waals surface area contributed by atoms with Gasteiger partial charge >= 0.3 is 17.9 Å². The topological polar surface area (TPSA) is 164 Å². The molecule has 2 aromatic rings. The van der Waals surface area contributed by atoms with Gasteiger partial charge in [0.15, 0.2) is 5.96 Å². The predicted octanol–water partition coefficient (Wildman–Crippen LogP) is 1.78. The van der Waals surface area contributed by atoms with Gasteiger partial charge in [-0.05, 0) is 36.9 Å². The second-order valence-corrected chi connectivity index (χ2v) is 8.43. The molecule has 1 aliphatic heterocycles. The maximum Gasteiger partial charge on any atom is 0.415 e. The number of nitrogens with two attached hydrogens (primary N) is 2. The van der Waals surface area contributed by atoms with Crippen molar-refractivity contribution in [2.75, 3.05) is 30.4 Å². The number of carbonyl (C=O) groups excluding carboxylic acids is 3. The number of rotatable bonds is 8. The Morgan fingerprint density at radius 1 is 1.22 bits per heavy atom. The van der Waals surface area contributed by atoms with Gasteiger partial charge in [0.05, 0.1) is 29.3 Å². The Morgan fingerprint density at radius 2 is 1.97 bits per heavy atom. The van der Waals surface area contributed by atoms with Crippen LogP contribution >= 0.6 is 11.6 Å². The third kappa shape index (κ3) is 6.54. The number of hydrogen-bond acceptors (Lipinski definition) is 6. The number of halogens is 2.